The number of hydrogen-bond donors (Lipinski definition) is 2. The van der Waals surface area contributed by atoms with Gasteiger partial charge >= 0.3 is 6.09 Å². The second-order valence-corrected chi connectivity index (χ2v) is 3.38. The Hall–Kier alpha value is -1.89. The number of aromatic nitrogens is 1. The predicted octanol–water partition coefficient (Wildman–Crippen LogP) is 0.542. The van der Waals surface area contributed by atoms with Crippen LogP contribution in [0.3, 0.4) is 0 Å². The zero-order chi connectivity index (χ0) is 12.8. The van der Waals surface area contributed by atoms with Crippen LogP contribution in [0.2, 0.25) is 0 Å². The summed E-state index contributed by atoms with van der Waals surface area (Å²) in [4.78, 5) is 14.2. The number of ether oxygens (including phenoxy) is 2. The molecule has 4 N–H and O–H groups in total. The van der Waals surface area contributed by atoms with Crippen LogP contribution >= 0.6 is 0 Å². The van der Waals surface area contributed by atoms with Gasteiger partial charge < -0.3 is 20.9 Å². The number of halogens is 1. The molecule has 1 amide bonds. The Bertz CT molecular complexity index is 400. The molecule has 0 aliphatic carbocycles. The van der Waals surface area contributed by atoms with Crippen LogP contribution in [-0.4, -0.2) is 23.8 Å². The normalized spacial score (nSPS) is 11.9. The lowest BCUT2D eigenvalue weighted by Gasteiger charge is -2.15. The molecule has 0 aliphatic rings. The minimum Gasteiger partial charge on any atom is -0.471 e. The summed E-state index contributed by atoms with van der Waals surface area (Å²) in [5, 5.41) is 0. The van der Waals surface area contributed by atoms with E-state index in [1.807, 2.05) is 0 Å². The molecule has 0 aliphatic heterocycles. The second kappa shape index (κ2) is 6.00. The Morgan fingerprint density at radius 1 is 1.65 bits per heavy atom. The summed E-state index contributed by atoms with van der Waals surface area (Å²) >= 11 is 0. The molecule has 0 spiro atoms. The predicted molar refractivity (Wildman–Crippen MR) is 57.7 cm³/mol. The average molecular weight is 243 g/mol. The van der Waals surface area contributed by atoms with Crippen molar-refractivity contribution in [1.29, 1.82) is 0 Å². The van der Waals surface area contributed by atoms with Crippen LogP contribution in [0.15, 0.2) is 12.3 Å². The fraction of sp³-hybridized carbons (Fsp3) is 0.400. The Morgan fingerprint density at radius 3 is 2.94 bits per heavy atom. The first-order valence-electron chi connectivity index (χ1n) is 4.96. The van der Waals surface area contributed by atoms with Gasteiger partial charge in [-0.2, -0.15) is 0 Å². The molecule has 1 atom stereocenters. The number of primary amides is 1. The Morgan fingerprint density at radius 2 is 2.35 bits per heavy atom. The molecule has 0 saturated heterocycles. The molecule has 1 heterocycles. The quantitative estimate of drug-likeness (QED) is 0.786. The van der Waals surface area contributed by atoms with Gasteiger partial charge in [0.25, 0.3) is 0 Å². The molecular formula is C10H14FN3O3. The molecule has 0 radical (unpaired) electrons. The highest BCUT2D eigenvalue weighted by molar-refractivity contribution is 5.64. The van der Waals surface area contributed by atoms with Gasteiger partial charge in [0.2, 0.25) is 5.88 Å². The van der Waals surface area contributed by atoms with Crippen molar-refractivity contribution in [2.75, 3.05) is 6.61 Å². The maximum absolute atomic E-state index is 12.9. The van der Waals surface area contributed by atoms with Gasteiger partial charge in [0, 0.05) is 12.1 Å². The van der Waals surface area contributed by atoms with E-state index in [4.69, 9.17) is 16.2 Å². The summed E-state index contributed by atoms with van der Waals surface area (Å²) in [6.07, 6.45) is -0.312. The Labute approximate surface area is 97.7 Å². The summed E-state index contributed by atoms with van der Waals surface area (Å²) in [6, 6.07) is 1.24. The monoisotopic (exact) mass is 243 g/mol. The van der Waals surface area contributed by atoms with E-state index in [1.165, 1.54) is 6.07 Å². The molecule has 1 aromatic heterocycles. The minimum absolute atomic E-state index is 0.0155. The van der Waals surface area contributed by atoms with Gasteiger partial charge in [-0.15, -0.1) is 0 Å². The Kier molecular flexibility index (Phi) is 4.65. The number of nitrogens with two attached hydrogens (primary N) is 2. The molecule has 1 aromatic rings. The van der Waals surface area contributed by atoms with Crippen LogP contribution in [0.5, 0.6) is 5.88 Å². The van der Waals surface area contributed by atoms with E-state index >= 15 is 0 Å². The minimum atomic E-state index is -0.883. The number of pyridine rings is 1. The van der Waals surface area contributed by atoms with E-state index in [2.05, 4.69) is 9.72 Å². The first kappa shape index (κ1) is 13.2. The third kappa shape index (κ3) is 4.23. The van der Waals surface area contributed by atoms with Crippen molar-refractivity contribution >= 4 is 6.09 Å². The number of amides is 1. The zero-order valence-electron chi connectivity index (χ0n) is 9.35. The largest absolute Gasteiger partial charge is 0.471 e. The first-order chi connectivity index (χ1) is 8.02. The molecule has 17 heavy (non-hydrogen) atoms. The van der Waals surface area contributed by atoms with Crippen molar-refractivity contribution in [3.05, 3.63) is 23.6 Å². The number of carbonyl (C=O) groups excluding carboxylic acids is 1. The lowest BCUT2D eigenvalue weighted by Crippen LogP contribution is -2.25. The third-order valence-electron chi connectivity index (χ3n) is 1.88. The average Bonchev–Trinajstić information content (AvgIpc) is 2.28. The second-order valence-electron chi connectivity index (χ2n) is 3.38. The lowest BCUT2D eigenvalue weighted by molar-refractivity contribution is 0.0931. The molecule has 1 unspecified atom stereocenters. The van der Waals surface area contributed by atoms with Gasteiger partial charge in [-0.25, -0.2) is 14.2 Å². The smallest absolute Gasteiger partial charge is 0.404 e. The molecule has 0 aromatic carbocycles. The summed E-state index contributed by atoms with van der Waals surface area (Å²) in [6.45, 7) is 1.75. The van der Waals surface area contributed by atoms with Gasteiger partial charge in [-0.05, 0) is 13.0 Å². The van der Waals surface area contributed by atoms with Crippen LogP contribution in [0.1, 0.15) is 12.5 Å². The highest BCUT2D eigenvalue weighted by atomic mass is 19.1. The molecular weight excluding hydrogens is 229 g/mol. The summed E-state index contributed by atoms with van der Waals surface area (Å²) in [7, 11) is 0. The summed E-state index contributed by atoms with van der Waals surface area (Å²) in [5.41, 5.74) is 10.7. The maximum Gasteiger partial charge on any atom is 0.404 e. The maximum atomic E-state index is 12.9. The topological polar surface area (TPSA) is 100 Å². The van der Waals surface area contributed by atoms with Gasteiger partial charge in [-0.1, -0.05) is 0 Å². The zero-order valence-corrected chi connectivity index (χ0v) is 9.35. The van der Waals surface area contributed by atoms with Gasteiger partial charge in [0.15, 0.2) is 0 Å². The van der Waals surface area contributed by atoms with Crippen LogP contribution in [0.25, 0.3) is 0 Å². The number of hydrogen-bond acceptors (Lipinski definition) is 5. The standard InChI is InChI=1S/C10H14FN3O3/c1-6(5-16-10(13)15)17-9-7(3-12)2-8(11)4-14-9/h2,4,6H,3,5,12H2,1H3,(H2,13,15). The molecule has 94 valence electrons. The van der Waals surface area contributed by atoms with E-state index < -0.39 is 18.0 Å². The number of carbonyl (C=O) groups is 1. The SMILES string of the molecule is CC(COC(N)=O)Oc1ncc(F)cc1CN. The molecule has 0 fully saturated rings. The van der Waals surface area contributed by atoms with Crippen molar-refractivity contribution in [3.63, 3.8) is 0 Å². The molecule has 0 bridgehead atoms. The van der Waals surface area contributed by atoms with Gasteiger partial charge in [0.05, 0.1) is 6.20 Å². The van der Waals surface area contributed by atoms with Crippen LogP contribution in [0.4, 0.5) is 9.18 Å². The van der Waals surface area contributed by atoms with Crippen molar-refractivity contribution in [1.82, 2.24) is 4.98 Å². The summed E-state index contributed by atoms with van der Waals surface area (Å²) in [5.74, 6) is -0.270. The third-order valence-corrected chi connectivity index (χ3v) is 1.88. The highest BCUT2D eigenvalue weighted by Gasteiger charge is 2.11. The van der Waals surface area contributed by atoms with E-state index in [0.29, 0.717) is 5.56 Å². The van der Waals surface area contributed by atoms with E-state index in [0.717, 1.165) is 6.20 Å². The van der Waals surface area contributed by atoms with E-state index in [9.17, 15) is 9.18 Å². The first-order valence-corrected chi connectivity index (χ1v) is 4.96. The van der Waals surface area contributed by atoms with Crippen molar-refractivity contribution in [2.24, 2.45) is 11.5 Å². The van der Waals surface area contributed by atoms with Gasteiger partial charge in [-0.3, -0.25) is 0 Å². The lowest BCUT2D eigenvalue weighted by atomic mass is 10.2. The van der Waals surface area contributed by atoms with Crippen molar-refractivity contribution < 1.29 is 18.7 Å². The molecule has 0 saturated carbocycles. The fourth-order valence-electron chi connectivity index (χ4n) is 1.15. The van der Waals surface area contributed by atoms with E-state index in [-0.39, 0.29) is 19.0 Å². The van der Waals surface area contributed by atoms with Crippen molar-refractivity contribution in [2.45, 2.75) is 19.6 Å². The Balaban J connectivity index is 2.64. The van der Waals surface area contributed by atoms with Gasteiger partial charge in [0.1, 0.15) is 18.5 Å². The molecule has 1 rings (SSSR count). The fourth-order valence-corrected chi connectivity index (χ4v) is 1.15. The van der Waals surface area contributed by atoms with Crippen molar-refractivity contribution in [3.8, 4) is 5.88 Å². The highest BCUT2D eigenvalue weighted by Crippen LogP contribution is 2.16. The number of rotatable bonds is 5. The van der Waals surface area contributed by atoms with E-state index in [1.54, 1.807) is 6.92 Å². The number of nitrogens with zero attached hydrogens (tertiary/aromatic N) is 1. The summed E-state index contributed by atoms with van der Waals surface area (Å²) < 4.78 is 22.8. The van der Waals surface area contributed by atoms with Crippen LogP contribution in [-0.2, 0) is 11.3 Å². The van der Waals surface area contributed by atoms with Crippen LogP contribution < -0.4 is 16.2 Å². The molecule has 6 nitrogen and oxygen atoms in total. The van der Waals surface area contributed by atoms with Crippen LogP contribution in [0, 0.1) is 5.82 Å². The molecule has 7 heteroatoms.